The van der Waals surface area contributed by atoms with Crippen molar-refractivity contribution in [3.63, 3.8) is 0 Å². The minimum Gasteiger partial charge on any atom is -0.382 e. The molecule has 0 N–H and O–H groups in total. The van der Waals surface area contributed by atoms with E-state index in [0.29, 0.717) is 24.5 Å². The normalized spacial score (nSPS) is 29.5. The van der Waals surface area contributed by atoms with Crippen molar-refractivity contribution in [3.8, 4) is 0 Å². The Labute approximate surface area is 111 Å². The second kappa shape index (κ2) is 9.18. The van der Waals surface area contributed by atoms with Gasteiger partial charge in [0.1, 0.15) is 0 Å². The van der Waals surface area contributed by atoms with Crippen molar-refractivity contribution in [1.29, 1.82) is 0 Å². The molecule has 0 radical (unpaired) electrons. The van der Waals surface area contributed by atoms with E-state index in [9.17, 15) is 0 Å². The maximum atomic E-state index is 6.41. The number of hydrogen-bond acceptors (Lipinski definition) is 2. The molecule has 0 amide bonds. The number of hydrogen-bond donors (Lipinski definition) is 0. The molecule has 2 nitrogen and oxygen atoms in total. The predicted octanol–water partition coefficient (Wildman–Crippen LogP) is 3.86. The van der Waals surface area contributed by atoms with Crippen LogP contribution in [0.4, 0.5) is 0 Å². The van der Waals surface area contributed by atoms with Crippen molar-refractivity contribution < 1.29 is 9.47 Å². The molecule has 1 fully saturated rings. The van der Waals surface area contributed by atoms with Crippen LogP contribution >= 0.6 is 11.6 Å². The highest BCUT2D eigenvalue weighted by Crippen LogP contribution is 2.36. The van der Waals surface area contributed by atoms with Gasteiger partial charge < -0.3 is 9.47 Å². The van der Waals surface area contributed by atoms with Crippen LogP contribution in [0.25, 0.3) is 0 Å². The zero-order chi connectivity index (χ0) is 12.5. The molecule has 0 aromatic heterocycles. The van der Waals surface area contributed by atoms with Gasteiger partial charge in [0, 0.05) is 19.1 Å². The fraction of sp³-hybridized carbons (Fsp3) is 1.00. The topological polar surface area (TPSA) is 18.5 Å². The Hall–Kier alpha value is 0.210. The summed E-state index contributed by atoms with van der Waals surface area (Å²) in [7, 11) is 1.70. The number of halogens is 1. The van der Waals surface area contributed by atoms with Crippen LogP contribution in [-0.2, 0) is 9.47 Å². The minimum absolute atomic E-state index is 0.370. The summed E-state index contributed by atoms with van der Waals surface area (Å²) in [6.45, 7) is 4.49. The van der Waals surface area contributed by atoms with E-state index in [1.165, 1.54) is 32.1 Å². The van der Waals surface area contributed by atoms with E-state index in [4.69, 9.17) is 21.1 Å². The van der Waals surface area contributed by atoms with Crippen LogP contribution in [0, 0.1) is 11.8 Å². The van der Waals surface area contributed by atoms with Gasteiger partial charge in [-0.05, 0) is 37.5 Å². The van der Waals surface area contributed by atoms with E-state index >= 15 is 0 Å². The SMILES string of the molecule is CCCC1CCC(Cl)C(CCOCCOC)C1. The van der Waals surface area contributed by atoms with Crippen molar-refractivity contribution in [2.24, 2.45) is 11.8 Å². The molecule has 102 valence electrons. The van der Waals surface area contributed by atoms with Gasteiger partial charge in [-0.1, -0.05) is 19.8 Å². The Morgan fingerprint density at radius 3 is 2.65 bits per heavy atom. The van der Waals surface area contributed by atoms with Crippen LogP contribution in [0.2, 0.25) is 0 Å². The molecule has 0 spiro atoms. The minimum atomic E-state index is 0.370. The smallest absolute Gasteiger partial charge is 0.0700 e. The van der Waals surface area contributed by atoms with E-state index < -0.39 is 0 Å². The summed E-state index contributed by atoms with van der Waals surface area (Å²) in [4.78, 5) is 0. The second-order valence-corrected chi connectivity index (χ2v) is 5.70. The summed E-state index contributed by atoms with van der Waals surface area (Å²) in [6.07, 6.45) is 7.59. The molecule has 1 rings (SSSR count). The molecule has 0 aromatic rings. The monoisotopic (exact) mass is 262 g/mol. The maximum Gasteiger partial charge on any atom is 0.0700 e. The quantitative estimate of drug-likeness (QED) is 0.488. The summed E-state index contributed by atoms with van der Waals surface area (Å²) in [5, 5.41) is 0.370. The maximum absolute atomic E-state index is 6.41. The Morgan fingerprint density at radius 1 is 1.12 bits per heavy atom. The van der Waals surface area contributed by atoms with Crippen molar-refractivity contribution in [3.05, 3.63) is 0 Å². The zero-order valence-electron chi connectivity index (χ0n) is 11.3. The van der Waals surface area contributed by atoms with Crippen molar-refractivity contribution in [2.45, 2.75) is 50.8 Å². The molecule has 0 heterocycles. The average Bonchev–Trinajstić information content (AvgIpc) is 2.33. The van der Waals surface area contributed by atoms with Crippen molar-refractivity contribution in [2.75, 3.05) is 26.9 Å². The summed E-state index contributed by atoms with van der Waals surface area (Å²) >= 11 is 6.41. The molecule has 1 aliphatic rings. The van der Waals surface area contributed by atoms with E-state index in [-0.39, 0.29) is 0 Å². The van der Waals surface area contributed by atoms with Crippen LogP contribution in [-0.4, -0.2) is 32.3 Å². The van der Waals surface area contributed by atoms with Crippen LogP contribution in [0.1, 0.15) is 45.4 Å². The first-order chi connectivity index (χ1) is 8.27. The molecule has 3 unspecified atom stereocenters. The number of alkyl halides is 1. The molecule has 1 saturated carbocycles. The summed E-state index contributed by atoms with van der Waals surface area (Å²) in [6, 6.07) is 0. The highest BCUT2D eigenvalue weighted by Gasteiger charge is 2.28. The third-order valence-corrected chi connectivity index (χ3v) is 4.33. The Balaban J connectivity index is 2.15. The Bertz CT molecular complexity index is 187. The average molecular weight is 263 g/mol. The third kappa shape index (κ3) is 6.08. The predicted molar refractivity (Wildman–Crippen MR) is 72.7 cm³/mol. The lowest BCUT2D eigenvalue weighted by atomic mass is 9.78. The van der Waals surface area contributed by atoms with Crippen LogP contribution in [0.15, 0.2) is 0 Å². The number of rotatable bonds is 8. The van der Waals surface area contributed by atoms with Crippen LogP contribution < -0.4 is 0 Å². The first-order valence-corrected chi connectivity index (χ1v) is 7.42. The fourth-order valence-electron chi connectivity index (χ4n) is 2.77. The van der Waals surface area contributed by atoms with Gasteiger partial charge in [0.05, 0.1) is 13.2 Å². The van der Waals surface area contributed by atoms with Gasteiger partial charge >= 0.3 is 0 Å². The van der Waals surface area contributed by atoms with Gasteiger partial charge in [-0.2, -0.15) is 0 Å². The van der Waals surface area contributed by atoms with E-state index in [1.807, 2.05) is 0 Å². The van der Waals surface area contributed by atoms with Gasteiger partial charge in [0.25, 0.3) is 0 Å². The van der Waals surface area contributed by atoms with E-state index in [1.54, 1.807) is 7.11 Å². The van der Waals surface area contributed by atoms with E-state index in [2.05, 4.69) is 6.92 Å². The van der Waals surface area contributed by atoms with Crippen molar-refractivity contribution >= 4 is 11.6 Å². The van der Waals surface area contributed by atoms with Crippen LogP contribution in [0.5, 0.6) is 0 Å². The molecule has 0 aliphatic heterocycles. The summed E-state index contributed by atoms with van der Waals surface area (Å²) in [5.74, 6) is 1.56. The largest absolute Gasteiger partial charge is 0.382 e. The summed E-state index contributed by atoms with van der Waals surface area (Å²) < 4.78 is 10.5. The standard InChI is InChI=1S/C14H27ClO2/c1-3-4-12-5-6-14(15)13(11-12)7-8-17-10-9-16-2/h12-14H,3-11H2,1-2H3. The van der Waals surface area contributed by atoms with Gasteiger partial charge in [0.2, 0.25) is 0 Å². The lowest BCUT2D eigenvalue weighted by Gasteiger charge is -2.33. The lowest BCUT2D eigenvalue weighted by molar-refractivity contribution is 0.0592. The highest BCUT2D eigenvalue weighted by atomic mass is 35.5. The number of methoxy groups -OCH3 is 1. The molecule has 0 bridgehead atoms. The van der Waals surface area contributed by atoms with E-state index in [0.717, 1.165) is 18.9 Å². The fourth-order valence-corrected chi connectivity index (χ4v) is 3.13. The molecular formula is C14H27ClO2. The Kier molecular flexibility index (Phi) is 8.25. The molecular weight excluding hydrogens is 236 g/mol. The van der Waals surface area contributed by atoms with Gasteiger partial charge in [-0.3, -0.25) is 0 Å². The second-order valence-electron chi connectivity index (χ2n) is 5.14. The Morgan fingerprint density at radius 2 is 1.94 bits per heavy atom. The highest BCUT2D eigenvalue weighted by molar-refractivity contribution is 6.20. The molecule has 3 heteroatoms. The molecule has 3 atom stereocenters. The third-order valence-electron chi connectivity index (χ3n) is 3.76. The van der Waals surface area contributed by atoms with Gasteiger partial charge in [0.15, 0.2) is 0 Å². The summed E-state index contributed by atoms with van der Waals surface area (Å²) in [5.41, 5.74) is 0. The number of ether oxygens (including phenoxy) is 2. The van der Waals surface area contributed by atoms with Crippen molar-refractivity contribution in [1.82, 2.24) is 0 Å². The molecule has 1 aliphatic carbocycles. The zero-order valence-corrected chi connectivity index (χ0v) is 12.0. The first kappa shape index (κ1) is 15.3. The molecule has 0 saturated heterocycles. The molecule has 17 heavy (non-hydrogen) atoms. The van der Waals surface area contributed by atoms with Gasteiger partial charge in [-0.15, -0.1) is 11.6 Å². The first-order valence-electron chi connectivity index (χ1n) is 6.98. The lowest BCUT2D eigenvalue weighted by Crippen LogP contribution is -2.26. The molecule has 0 aromatic carbocycles. The van der Waals surface area contributed by atoms with Gasteiger partial charge in [-0.25, -0.2) is 0 Å². The van der Waals surface area contributed by atoms with Crippen LogP contribution in [0.3, 0.4) is 0 Å².